The summed E-state index contributed by atoms with van der Waals surface area (Å²) in [4.78, 5) is 10.9. The lowest BCUT2D eigenvalue weighted by Gasteiger charge is -1.92. The molecule has 0 aliphatic carbocycles. The summed E-state index contributed by atoms with van der Waals surface area (Å²) in [5, 5.41) is 0. The average Bonchev–Trinajstić information content (AvgIpc) is 2.82. The van der Waals surface area contributed by atoms with Gasteiger partial charge in [0.1, 0.15) is 6.10 Å². The SMILES string of the molecule is CCC[C@@H]1O[C@@H]1/C=C/C(=O)OCC. The minimum Gasteiger partial charge on any atom is -0.463 e. The van der Waals surface area contributed by atoms with Crippen LogP contribution in [0, 0.1) is 0 Å². The Morgan fingerprint density at radius 1 is 1.54 bits per heavy atom. The number of rotatable bonds is 5. The number of carbonyl (C=O) groups excluding carboxylic acids is 1. The fraction of sp³-hybridized carbons (Fsp3) is 0.700. The van der Waals surface area contributed by atoms with E-state index in [1.165, 1.54) is 6.08 Å². The van der Waals surface area contributed by atoms with Crippen molar-refractivity contribution in [2.45, 2.75) is 38.9 Å². The van der Waals surface area contributed by atoms with Gasteiger partial charge in [-0.15, -0.1) is 0 Å². The zero-order chi connectivity index (χ0) is 9.68. The first-order chi connectivity index (χ1) is 6.27. The number of hydrogen-bond acceptors (Lipinski definition) is 3. The summed E-state index contributed by atoms with van der Waals surface area (Å²) in [6, 6.07) is 0. The van der Waals surface area contributed by atoms with Crippen LogP contribution in [0.2, 0.25) is 0 Å². The molecule has 1 saturated heterocycles. The Labute approximate surface area is 78.7 Å². The summed E-state index contributed by atoms with van der Waals surface area (Å²) in [6.45, 7) is 4.33. The van der Waals surface area contributed by atoms with Crippen LogP contribution in [0.1, 0.15) is 26.7 Å². The van der Waals surface area contributed by atoms with Crippen molar-refractivity contribution in [1.82, 2.24) is 0 Å². The first kappa shape index (κ1) is 10.3. The molecule has 0 aromatic carbocycles. The smallest absolute Gasteiger partial charge is 0.330 e. The van der Waals surface area contributed by atoms with Crippen molar-refractivity contribution >= 4 is 5.97 Å². The van der Waals surface area contributed by atoms with E-state index >= 15 is 0 Å². The maximum atomic E-state index is 10.9. The van der Waals surface area contributed by atoms with E-state index in [0.29, 0.717) is 12.7 Å². The van der Waals surface area contributed by atoms with E-state index < -0.39 is 0 Å². The van der Waals surface area contributed by atoms with Gasteiger partial charge in [0.15, 0.2) is 0 Å². The molecule has 3 nitrogen and oxygen atoms in total. The number of epoxide rings is 1. The van der Waals surface area contributed by atoms with E-state index in [-0.39, 0.29) is 12.1 Å². The third-order valence-corrected chi connectivity index (χ3v) is 1.90. The van der Waals surface area contributed by atoms with Crippen LogP contribution in [0.15, 0.2) is 12.2 Å². The van der Waals surface area contributed by atoms with Gasteiger partial charge in [0.05, 0.1) is 12.7 Å². The van der Waals surface area contributed by atoms with Crippen molar-refractivity contribution < 1.29 is 14.3 Å². The number of esters is 1. The first-order valence-electron chi connectivity index (χ1n) is 4.78. The molecule has 0 radical (unpaired) electrons. The van der Waals surface area contributed by atoms with E-state index in [9.17, 15) is 4.79 Å². The molecular formula is C10H16O3. The highest BCUT2D eigenvalue weighted by molar-refractivity contribution is 5.82. The lowest BCUT2D eigenvalue weighted by Crippen LogP contribution is -2.00. The molecule has 1 rings (SSSR count). The average molecular weight is 184 g/mol. The minimum absolute atomic E-state index is 0.143. The molecule has 3 heteroatoms. The van der Waals surface area contributed by atoms with Crippen LogP contribution in [0.5, 0.6) is 0 Å². The molecule has 0 aromatic heterocycles. The van der Waals surface area contributed by atoms with Crippen molar-refractivity contribution in [3.63, 3.8) is 0 Å². The van der Waals surface area contributed by atoms with Crippen LogP contribution in [-0.4, -0.2) is 24.8 Å². The molecule has 0 amide bonds. The van der Waals surface area contributed by atoms with E-state index in [0.717, 1.165) is 12.8 Å². The Bertz CT molecular complexity index is 198. The molecule has 13 heavy (non-hydrogen) atoms. The Morgan fingerprint density at radius 2 is 2.31 bits per heavy atom. The van der Waals surface area contributed by atoms with Crippen LogP contribution in [-0.2, 0) is 14.3 Å². The summed E-state index contributed by atoms with van der Waals surface area (Å²) in [7, 11) is 0. The maximum Gasteiger partial charge on any atom is 0.330 e. The molecule has 74 valence electrons. The second-order valence-electron chi connectivity index (χ2n) is 3.04. The third-order valence-electron chi connectivity index (χ3n) is 1.90. The molecule has 0 unspecified atom stereocenters. The van der Waals surface area contributed by atoms with Crippen molar-refractivity contribution in [3.05, 3.63) is 12.2 Å². The van der Waals surface area contributed by atoms with Gasteiger partial charge in [-0.1, -0.05) is 13.3 Å². The minimum atomic E-state index is -0.284. The highest BCUT2D eigenvalue weighted by atomic mass is 16.6. The second-order valence-corrected chi connectivity index (χ2v) is 3.04. The number of carbonyl (C=O) groups is 1. The Balaban J connectivity index is 2.15. The summed E-state index contributed by atoms with van der Waals surface area (Å²) in [5.74, 6) is -0.284. The van der Waals surface area contributed by atoms with E-state index in [1.807, 2.05) is 0 Å². The molecule has 0 saturated carbocycles. The predicted molar refractivity (Wildman–Crippen MR) is 49.3 cm³/mol. The molecule has 0 N–H and O–H groups in total. The third kappa shape index (κ3) is 3.59. The molecule has 0 bridgehead atoms. The maximum absolute atomic E-state index is 10.9. The molecule has 0 aromatic rings. The number of ether oxygens (including phenoxy) is 2. The molecule has 0 spiro atoms. The van der Waals surface area contributed by atoms with Gasteiger partial charge in [-0.2, -0.15) is 0 Å². The highest BCUT2D eigenvalue weighted by Gasteiger charge is 2.35. The Kier molecular flexibility index (Phi) is 3.96. The van der Waals surface area contributed by atoms with Crippen LogP contribution < -0.4 is 0 Å². The van der Waals surface area contributed by atoms with Crippen LogP contribution in [0.4, 0.5) is 0 Å². The van der Waals surface area contributed by atoms with Gasteiger partial charge in [-0.3, -0.25) is 0 Å². The van der Waals surface area contributed by atoms with Gasteiger partial charge in [0.2, 0.25) is 0 Å². The number of hydrogen-bond donors (Lipinski definition) is 0. The largest absolute Gasteiger partial charge is 0.463 e. The molecule has 2 atom stereocenters. The van der Waals surface area contributed by atoms with Crippen LogP contribution >= 0.6 is 0 Å². The Hall–Kier alpha value is -0.830. The van der Waals surface area contributed by atoms with E-state index in [1.54, 1.807) is 13.0 Å². The van der Waals surface area contributed by atoms with Gasteiger partial charge >= 0.3 is 5.97 Å². The normalized spacial score (nSPS) is 26.3. The Morgan fingerprint density at radius 3 is 2.92 bits per heavy atom. The summed E-state index contributed by atoms with van der Waals surface area (Å²) >= 11 is 0. The summed E-state index contributed by atoms with van der Waals surface area (Å²) in [6.07, 6.45) is 5.88. The van der Waals surface area contributed by atoms with Crippen molar-refractivity contribution in [1.29, 1.82) is 0 Å². The summed E-state index contributed by atoms with van der Waals surface area (Å²) in [5.41, 5.74) is 0. The monoisotopic (exact) mass is 184 g/mol. The zero-order valence-electron chi connectivity index (χ0n) is 8.16. The lowest BCUT2D eigenvalue weighted by atomic mass is 10.2. The summed E-state index contributed by atoms with van der Waals surface area (Å²) < 4.78 is 10.0. The van der Waals surface area contributed by atoms with Gasteiger partial charge in [-0.25, -0.2) is 4.79 Å². The topological polar surface area (TPSA) is 38.8 Å². The predicted octanol–water partition coefficient (Wildman–Crippen LogP) is 1.67. The first-order valence-corrected chi connectivity index (χ1v) is 4.78. The van der Waals surface area contributed by atoms with Crippen molar-refractivity contribution in [2.24, 2.45) is 0 Å². The van der Waals surface area contributed by atoms with E-state index in [4.69, 9.17) is 9.47 Å². The molecule has 1 aliphatic heterocycles. The lowest BCUT2D eigenvalue weighted by molar-refractivity contribution is -0.137. The van der Waals surface area contributed by atoms with Gasteiger partial charge in [-0.05, 0) is 19.4 Å². The molecule has 1 fully saturated rings. The van der Waals surface area contributed by atoms with Gasteiger partial charge in [0, 0.05) is 6.08 Å². The highest BCUT2D eigenvalue weighted by Crippen LogP contribution is 2.27. The van der Waals surface area contributed by atoms with Gasteiger partial charge < -0.3 is 9.47 Å². The second kappa shape index (κ2) is 5.02. The fourth-order valence-corrected chi connectivity index (χ4v) is 1.21. The molecule has 1 aliphatic rings. The fourth-order valence-electron chi connectivity index (χ4n) is 1.21. The quantitative estimate of drug-likeness (QED) is 0.370. The van der Waals surface area contributed by atoms with Crippen LogP contribution in [0.25, 0.3) is 0 Å². The van der Waals surface area contributed by atoms with Crippen molar-refractivity contribution in [2.75, 3.05) is 6.61 Å². The van der Waals surface area contributed by atoms with E-state index in [2.05, 4.69) is 6.92 Å². The standard InChI is InChI=1S/C10H16O3/c1-3-5-8-9(13-8)6-7-10(11)12-4-2/h6-9H,3-5H2,1-2H3/b7-6+/t8-,9+/m0/s1. The van der Waals surface area contributed by atoms with Gasteiger partial charge in [0.25, 0.3) is 0 Å². The van der Waals surface area contributed by atoms with Crippen LogP contribution in [0.3, 0.4) is 0 Å². The zero-order valence-corrected chi connectivity index (χ0v) is 8.16. The molecule has 1 heterocycles. The molecular weight excluding hydrogens is 168 g/mol. The van der Waals surface area contributed by atoms with Crippen molar-refractivity contribution in [3.8, 4) is 0 Å².